The highest BCUT2D eigenvalue weighted by Gasteiger charge is 2.50. The summed E-state index contributed by atoms with van der Waals surface area (Å²) in [6.07, 6.45) is 6.23. The normalized spacial score (nSPS) is 23.5. The van der Waals surface area contributed by atoms with Gasteiger partial charge in [-0.05, 0) is 92.6 Å². The molecule has 1 aliphatic carbocycles. The molecule has 5 fully saturated rings. The molecule has 6 aliphatic rings. The number of hydrogen-bond acceptors (Lipinski definition) is 9. The van der Waals surface area contributed by atoms with Crippen LogP contribution in [0.1, 0.15) is 82.4 Å². The van der Waals surface area contributed by atoms with Gasteiger partial charge in [0.25, 0.3) is 17.7 Å². The Morgan fingerprint density at radius 2 is 1.53 bits per heavy atom. The molecule has 0 radical (unpaired) electrons. The molecule has 5 amide bonds. The minimum Gasteiger partial charge on any atom is -0.490 e. The minimum absolute atomic E-state index is 0.00419. The van der Waals surface area contributed by atoms with E-state index in [4.69, 9.17) is 22.9 Å². The number of fused-ring (bicyclic) bond motifs is 1. The zero-order valence-electron chi connectivity index (χ0n) is 33.0. The Bertz CT molecular complexity index is 2220. The van der Waals surface area contributed by atoms with Crippen molar-refractivity contribution in [2.45, 2.75) is 63.5 Å². The van der Waals surface area contributed by atoms with Crippen molar-refractivity contribution in [2.24, 2.45) is 11.3 Å². The van der Waals surface area contributed by atoms with Crippen LogP contribution < -0.4 is 19.9 Å². The number of hydrogen-bond donors (Lipinski definition) is 1. The fourth-order valence-corrected chi connectivity index (χ4v) is 10.2. The molecule has 5 aliphatic heterocycles. The summed E-state index contributed by atoms with van der Waals surface area (Å²) in [4.78, 5) is 78.0. The maximum Gasteiger partial charge on any atom is 0.262 e. The molecule has 3 aromatic rings. The van der Waals surface area contributed by atoms with E-state index in [1.54, 1.807) is 24.3 Å². The summed E-state index contributed by atoms with van der Waals surface area (Å²) in [6.45, 7) is 15.1. The van der Waals surface area contributed by atoms with Gasteiger partial charge in [-0.15, -0.1) is 0 Å². The highest BCUT2D eigenvalue weighted by molar-refractivity contribution is 6.33. The molecule has 1 N–H and O–H groups in total. The summed E-state index contributed by atoms with van der Waals surface area (Å²) in [7, 11) is 0. The summed E-state index contributed by atoms with van der Waals surface area (Å²) in [5.74, 6) is -0.647. The Morgan fingerprint density at radius 3 is 2.20 bits per heavy atom. The van der Waals surface area contributed by atoms with Crippen LogP contribution in [-0.4, -0.2) is 115 Å². The van der Waals surface area contributed by atoms with Crippen molar-refractivity contribution in [3.05, 3.63) is 93.8 Å². The fourth-order valence-electron chi connectivity index (χ4n) is 10.0. The van der Waals surface area contributed by atoms with Crippen LogP contribution in [0.25, 0.3) is 4.85 Å². The van der Waals surface area contributed by atoms with Crippen molar-refractivity contribution in [3.8, 4) is 5.75 Å². The molecule has 59 heavy (non-hydrogen) atoms. The predicted molar refractivity (Wildman–Crippen MR) is 222 cm³/mol. The standard InChI is InChI=1S/C45H48ClN7O6/c1-47-37-10-8-33(26-36(37)46)59-39-15-20-52(28-45(39)16-2-17-45)42(56)30-3-5-31(6-4-30)51-23-21-49(22-24-51)27-29-13-18-50(19-14-29)32-7-9-34-35(25-32)44(58)53(43(34)57)38-11-12-40(54)48-41(38)55/h3-10,25-26,29,38-39H,2,11-24,27-28H2,(H,48,54,55). The van der Waals surface area contributed by atoms with Crippen LogP contribution in [0.2, 0.25) is 5.02 Å². The molecule has 13 nitrogen and oxygen atoms in total. The number of anilines is 2. The van der Waals surface area contributed by atoms with Gasteiger partial charge in [0.1, 0.15) is 17.9 Å². The van der Waals surface area contributed by atoms with Gasteiger partial charge in [-0.25, -0.2) is 4.85 Å². The second-order valence-corrected chi connectivity index (χ2v) is 17.4. The Balaban J connectivity index is 0.732. The van der Waals surface area contributed by atoms with E-state index < -0.39 is 23.8 Å². The first-order valence-electron chi connectivity index (χ1n) is 20.9. The third-order valence-electron chi connectivity index (χ3n) is 13.6. The van der Waals surface area contributed by atoms with Gasteiger partial charge in [-0.1, -0.05) is 24.1 Å². The largest absolute Gasteiger partial charge is 0.490 e. The van der Waals surface area contributed by atoms with E-state index >= 15 is 0 Å². The molecule has 1 spiro atoms. The zero-order chi connectivity index (χ0) is 40.8. The molecule has 306 valence electrons. The van der Waals surface area contributed by atoms with E-state index in [1.165, 1.54) is 0 Å². The van der Waals surface area contributed by atoms with Crippen molar-refractivity contribution < 1.29 is 28.7 Å². The van der Waals surface area contributed by atoms with Gasteiger partial charge < -0.3 is 19.4 Å². The number of rotatable bonds is 8. The third kappa shape index (κ3) is 7.53. The Labute approximate surface area is 349 Å². The molecule has 14 heteroatoms. The number of carbonyl (C=O) groups is 5. The average Bonchev–Trinajstić information content (AvgIpc) is 3.48. The maximum atomic E-state index is 13.8. The molecular weight excluding hydrogens is 770 g/mol. The smallest absolute Gasteiger partial charge is 0.262 e. The molecule has 5 heterocycles. The molecule has 0 bridgehead atoms. The summed E-state index contributed by atoms with van der Waals surface area (Å²) >= 11 is 6.28. The van der Waals surface area contributed by atoms with Crippen molar-refractivity contribution in [2.75, 3.05) is 68.7 Å². The van der Waals surface area contributed by atoms with E-state index in [0.29, 0.717) is 52.2 Å². The molecule has 1 saturated carbocycles. The predicted octanol–water partition coefficient (Wildman–Crippen LogP) is 5.79. The first-order valence-corrected chi connectivity index (χ1v) is 21.3. The number of carbonyl (C=O) groups excluding carboxylic acids is 5. The molecule has 2 unspecified atom stereocenters. The SMILES string of the molecule is [C-]#[N+]c1ccc(OC2CCN(C(=O)c3ccc(N4CCN(CC5CCN(c6ccc7c(c6)C(=O)N(C6CCC(=O)NC6=O)C7=O)CC5)CC4)cc3)CC23CCC3)cc1Cl. The van der Waals surface area contributed by atoms with Crippen molar-refractivity contribution in [3.63, 3.8) is 0 Å². The van der Waals surface area contributed by atoms with E-state index in [-0.39, 0.29) is 36.2 Å². The fraction of sp³-hybridized carbons (Fsp3) is 0.467. The minimum atomic E-state index is -0.969. The van der Waals surface area contributed by atoms with Crippen LogP contribution in [0, 0.1) is 17.9 Å². The number of piperazine rings is 1. The van der Waals surface area contributed by atoms with Crippen molar-refractivity contribution in [1.82, 2.24) is 20.0 Å². The molecular formula is C45H48ClN7O6. The number of halogens is 1. The number of nitrogens with zero attached hydrogens (tertiary/aromatic N) is 6. The number of nitrogens with one attached hydrogen (secondary N) is 1. The number of imide groups is 2. The third-order valence-corrected chi connectivity index (χ3v) is 13.9. The topological polar surface area (TPSA) is 127 Å². The molecule has 3 aromatic carbocycles. The van der Waals surface area contributed by atoms with Crippen LogP contribution >= 0.6 is 11.6 Å². The van der Waals surface area contributed by atoms with Gasteiger partial charge in [-0.2, -0.15) is 0 Å². The van der Waals surface area contributed by atoms with Crippen LogP contribution in [0.3, 0.4) is 0 Å². The number of likely N-dealkylation sites (tertiary alicyclic amines) is 1. The molecule has 9 rings (SSSR count). The molecule has 2 atom stereocenters. The highest BCUT2D eigenvalue weighted by atomic mass is 35.5. The number of piperidine rings is 3. The summed E-state index contributed by atoms with van der Waals surface area (Å²) < 4.78 is 6.45. The Hall–Kier alpha value is -5.45. The lowest BCUT2D eigenvalue weighted by molar-refractivity contribution is -0.136. The second-order valence-electron chi connectivity index (χ2n) is 17.0. The number of amides is 5. The van der Waals surface area contributed by atoms with Crippen LogP contribution in [0.5, 0.6) is 5.75 Å². The molecule has 4 saturated heterocycles. The van der Waals surface area contributed by atoms with E-state index in [9.17, 15) is 24.0 Å². The number of ether oxygens (including phenoxy) is 1. The van der Waals surface area contributed by atoms with Gasteiger partial charge in [0.05, 0.1) is 22.7 Å². The Morgan fingerprint density at radius 1 is 0.814 bits per heavy atom. The monoisotopic (exact) mass is 817 g/mol. The van der Waals surface area contributed by atoms with Gasteiger partial charge in [-0.3, -0.25) is 39.1 Å². The average molecular weight is 818 g/mol. The maximum absolute atomic E-state index is 13.8. The highest BCUT2D eigenvalue weighted by Crippen LogP contribution is 2.49. The molecule has 0 aromatic heterocycles. The van der Waals surface area contributed by atoms with E-state index in [1.807, 2.05) is 29.2 Å². The zero-order valence-corrected chi connectivity index (χ0v) is 33.8. The van der Waals surface area contributed by atoms with Crippen molar-refractivity contribution >= 4 is 58.2 Å². The lowest BCUT2D eigenvalue weighted by Crippen LogP contribution is -2.58. The first-order chi connectivity index (χ1) is 28.6. The quantitative estimate of drug-likeness (QED) is 0.222. The summed E-state index contributed by atoms with van der Waals surface area (Å²) in [6, 6.07) is 17.7. The van der Waals surface area contributed by atoms with Gasteiger partial charge in [0.2, 0.25) is 17.5 Å². The van der Waals surface area contributed by atoms with E-state index in [0.717, 1.165) is 101 Å². The van der Waals surface area contributed by atoms with Crippen LogP contribution in [0.4, 0.5) is 17.1 Å². The first kappa shape index (κ1) is 39.0. The van der Waals surface area contributed by atoms with Gasteiger partial charge in [0, 0.05) is 94.1 Å². The summed E-state index contributed by atoms with van der Waals surface area (Å²) in [5.41, 5.74) is 3.72. The van der Waals surface area contributed by atoms with E-state index in [2.05, 4.69) is 37.0 Å². The van der Waals surface area contributed by atoms with Gasteiger partial charge >= 0.3 is 0 Å². The van der Waals surface area contributed by atoms with Crippen LogP contribution in [0.15, 0.2) is 60.7 Å². The Kier molecular flexibility index (Phi) is 10.6. The second kappa shape index (κ2) is 16.0. The van der Waals surface area contributed by atoms with Crippen LogP contribution in [-0.2, 0) is 9.59 Å². The van der Waals surface area contributed by atoms with Gasteiger partial charge in [0.15, 0.2) is 0 Å². The number of benzene rings is 3. The lowest BCUT2D eigenvalue weighted by atomic mass is 9.62. The van der Waals surface area contributed by atoms with Crippen molar-refractivity contribution in [1.29, 1.82) is 0 Å². The lowest BCUT2D eigenvalue weighted by Gasteiger charge is -2.53. The summed E-state index contributed by atoms with van der Waals surface area (Å²) in [5, 5.41) is 2.64.